The third-order valence-electron chi connectivity index (χ3n) is 2.67. The number of H-pyrrole nitrogens is 1. The fourth-order valence-corrected chi connectivity index (χ4v) is 3.02. The molecule has 114 valence electrons. The van der Waals surface area contributed by atoms with E-state index >= 15 is 0 Å². The molecule has 8 nitrogen and oxygen atoms in total. The minimum atomic E-state index is -3.97. The summed E-state index contributed by atoms with van der Waals surface area (Å²) in [5, 5.41) is 5.56. The van der Waals surface area contributed by atoms with Gasteiger partial charge in [0.05, 0.1) is 25.1 Å². The van der Waals surface area contributed by atoms with Crippen LogP contribution in [0.2, 0.25) is 0 Å². The Hall–Kier alpha value is -2.13. The summed E-state index contributed by atoms with van der Waals surface area (Å²) < 4.78 is 36.9. The van der Waals surface area contributed by atoms with Crippen LogP contribution >= 0.6 is 0 Å². The molecule has 0 saturated carbocycles. The van der Waals surface area contributed by atoms with Crippen LogP contribution in [0, 0.1) is 0 Å². The SMILES string of the molecule is CCOC(=O)c1cn[nH]c1S(=O)(=O)NC(C)c1ccco1. The topological polar surface area (TPSA) is 114 Å². The molecular weight excluding hydrogens is 298 g/mol. The number of nitrogens with zero attached hydrogens (tertiary/aromatic N) is 1. The quantitative estimate of drug-likeness (QED) is 0.775. The Bertz CT molecular complexity index is 705. The molecule has 2 aromatic heterocycles. The zero-order valence-corrected chi connectivity index (χ0v) is 12.3. The average molecular weight is 313 g/mol. The van der Waals surface area contributed by atoms with Crippen LogP contribution in [0.25, 0.3) is 0 Å². The van der Waals surface area contributed by atoms with Gasteiger partial charge in [0.25, 0.3) is 10.0 Å². The maximum absolute atomic E-state index is 12.3. The molecule has 0 saturated heterocycles. The molecule has 1 unspecified atom stereocenters. The summed E-state index contributed by atoms with van der Waals surface area (Å²) in [7, 11) is -3.97. The highest BCUT2D eigenvalue weighted by atomic mass is 32.2. The Morgan fingerprint density at radius 1 is 1.57 bits per heavy atom. The maximum atomic E-state index is 12.3. The Morgan fingerprint density at radius 3 is 2.95 bits per heavy atom. The molecule has 0 fully saturated rings. The number of ether oxygens (including phenoxy) is 1. The van der Waals surface area contributed by atoms with Gasteiger partial charge in [0, 0.05) is 0 Å². The first kappa shape index (κ1) is 15.3. The number of sulfonamides is 1. The van der Waals surface area contributed by atoms with Crippen LogP contribution in [-0.2, 0) is 14.8 Å². The summed E-state index contributed by atoms with van der Waals surface area (Å²) in [5.74, 6) is -0.298. The lowest BCUT2D eigenvalue weighted by molar-refractivity contribution is 0.0522. The van der Waals surface area contributed by atoms with E-state index in [1.807, 2.05) is 0 Å². The predicted molar refractivity (Wildman–Crippen MR) is 72.0 cm³/mol. The van der Waals surface area contributed by atoms with Gasteiger partial charge in [-0.15, -0.1) is 0 Å². The Morgan fingerprint density at radius 2 is 2.33 bits per heavy atom. The second-order valence-corrected chi connectivity index (χ2v) is 5.84. The number of aromatic amines is 1. The van der Waals surface area contributed by atoms with Crippen molar-refractivity contribution in [1.29, 1.82) is 0 Å². The van der Waals surface area contributed by atoms with Gasteiger partial charge in [0.1, 0.15) is 11.3 Å². The van der Waals surface area contributed by atoms with E-state index in [0.717, 1.165) is 6.20 Å². The second-order valence-electron chi connectivity index (χ2n) is 4.19. The van der Waals surface area contributed by atoms with Crippen molar-refractivity contribution in [2.24, 2.45) is 0 Å². The van der Waals surface area contributed by atoms with Crippen molar-refractivity contribution < 1.29 is 22.4 Å². The highest BCUT2D eigenvalue weighted by Gasteiger charge is 2.28. The number of carbonyl (C=O) groups excluding carboxylic acids is 1. The third kappa shape index (κ3) is 3.31. The van der Waals surface area contributed by atoms with Gasteiger partial charge in [-0.2, -0.15) is 9.82 Å². The first-order chi connectivity index (χ1) is 9.95. The van der Waals surface area contributed by atoms with Gasteiger partial charge < -0.3 is 9.15 Å². The number of hydrogen-bond donors (Lipinski definition) is 2. The molecule has 2 aromatic rings. The second kappa shape index (κ2) is 6.10. The van der Waals surface area contributed by atoms with E-state index in [1.54, 1.807) is 26.0 Å². The predicted octanol–water partition coefficient (Wildman–Crippen LogP) is 1.22. The van der Waals surface area contributed by atoms with Crippen LogP contribution in [0.5, 0.6) is 0 Å². The number of aromatic nitrogens is 2. The lowest BCUT2D eigenvalue weighted by Crippen LogP contribution is -2.28. The summed E-state index contributed by atoms with van der Waals surface area (Å²) in [6.45, 7) is 3.39. The van der Waals surface area contributed by atoms with Crippen molar-refractivity contribution in [3.8, 4) is 0 Å². The first-order valence-electron chi connectivity index (χ1n) is 6.22. The highest BCUT2D eigenvalue weighted by molar-refractivity contribution is 7.89. The van der Waals surface area contributed by atoms with E-state index in [2.05, 4.69) is 14.9 Å². The zero-order chi connectivity index (χ0) is 15.5. The monoisotopic (exact) mass is 313 g/mol. The van der Waals surface area contributed by atoms with Gasteiger partial charge in [0.2, 0.25) is 0 Å². The highest BCUT2D eigenvalue weighted by Crippen LogP contribution is 2.18. The summed E-state index contributed by atoms with van der Waals surface area (Å²) >= 11 is 0. The molecule has 9 heteroatoms. The largest absolute Gasteiger partial charge is 0.468 e. The maximum Gasteiger partial charge on any atom is 0.342 e. The Labute approximate surface area is 121 Å². The average Bonchev–Trinajstić information content (AvgIpc) is 3.10. The molecular formula is C12H15N3O5S. The molecule has 2 heterocycles. The number of nitrogens with one attached hydrogen (secondary N) is 2. The third-order valence-corrected chi connectivity index (χ3v) is 4.18. The van der Waals surface area contributed by atoms with Crippen molar-refractivity contribution in [2.45, 2.75) is 24.9 Å². The van der Waals surface area contributed by atoms with E-state index in [9.17, 15) is 13.2 Å². The summed E-state index contributed by atoms with van der Waals surface area (Å²) in [6, 6.07) is 2.70. The zero-order valence-electron chi connectivity index (χ0n) is 11.5. The van der Waals surface area contributed by atoms with Crippen molar-refractivity contribution in [3.05, 3.63) is 35.9 Å². The number of esters is 1. The molecule has 0 spiro atoms. The van der Waals surface area contributed by atoms with Gasteiger partial charge in [0.15, 0.2) is 5.03 Å². The summed E-state index contributed by atoms with van der Waals surface area (Å²) in [5.41, 5.74) is -0.143. The fourth-order valence-electron chi connectivity index (χ4n) is 1.72. The molecule has 0 aliphatic carbocycles. The molecule has 0 aliphatic rings. The first-order valence-corrected chi connectivity index (χ1v) is 7.70. The van der Waals surface area contributed by atoms with E-state index < -0.39 is 22.0 Å². The van der Waals surface area contributed by atoms with Gasteiger partial charge in [-0.3, -0.25) is 5.10 Å². The van der Waals surface area contributed by atoms with Crippen LogP contribution in [0.4, 0.5) is 0 Å². The lowest BCUT2D eigenvalue weighted by atomic mass is 10.3. The molecule has 0 aromatic carbocycles. The lowest BCUT2D eigenvalue weighted by Gasteiger charge is -2.11. The van der Waals surface area contributed by atoms with Gasteiger partial charge >= 0.3 is 5.97 Å². The Balaban J connectivity index is 2.24. The van der Waals surface area contributed by atoms with Crippen LogP contribution in [0.3, 0.4) is 0 Å². The van der Waals surface area contributed by atoms with Crippen molar-refractivity contribution >= 4 is 16.0 Å². The molecule has 21 heavy (non-hydrogen) atoms. The molecule has 2 N–H and O–H groups in total. The van der Waals surface area contributed by atoms with Gasteiger partial charge in [-0.25, -0.2) is 13.2 Å². The number of carbonyl (C=O) groups is 1. The molecule has 0 aliphatic heterocycles. The van der Waals surface area contributed by atoms with Crippen LogP contribution in [0.15, 0.2) is 34.0 Å². The molecule has 1 atom stereocenters. The summed E-state index contributed by atoms with van der Waals surface area (Å²) in [4.78, 5) is 11.7. The van der Waals surface area contributed by atoms with E-state index in [1.165, 1.54) is 6.26 Å². The number of furan rings is 1. The minimum Gasteiger partial charge on any atom is -0.468 e. The molecule has 0 amide bonds. The molecule has 0 radical (unpaired) electrons. The van der Waals surface area contributed by atoms with Crippen LogP contribution < -0.4 is 4.72 Å². The standard InChI is InChI=1S/C12H15N3O5S/c1-3-19-12(16)9-7-13-14-11(9)21(17,18)15-8(2)10-5-4-6-20-10/h4-8,15H,3H2,1-2H3,(H,13,14). The van der Waals surface area contributed by atoms with Crippen molar-refractivity contribution in [1.82, 2.24) is 14.9 Å². The van der Waals surface area contributed by atoms with Gasteiger partial charge in [-0.1, -0.05) is 0 Å². The Kier molecular flexibility index (Phi) is 4.43. The smallest absolute Gasteiger partial charge is 0.342 e. The number of hydrogen-bond acceptors (Lipinski definition) is 6. The molecule has 2 rings (SSSR count). The van der Waals surface area contributed by atoms with Crippen molar-refractivity contribution in [3.63, 3.8) is 0 Å². The molecule has 0 bridgehead atoms. The minimum absolute atomic E-state index is 0.139. The number of rotatable bonds is 6. The van der Waals surface area contributed by atoms with Crippen molar-refractivity contribution in [2.75, 3.05) is 6.61 Å². The summed E-state index contributed by atoms with van der Waals surface area (Å²) in [6.07, 6.45) is 2.56. The fraction of sp³-hybridized carbons (Fsp3) is 0.333. The van der Waals surface area contributed by atoms with E-state index in [-0.39, 0.29) is 17.2 Å². The normalized spacial score (nSPS) is 13.0. The van der Waals surface area contributed by atoms with E-state index in [0.29, 0.717) is 5.76 Å². The van der Waals surface area contributed by atoms with Gasteiger partial charge in [-0.05, 0) is 26.0 Å². The van der Waals surface area contributed by atoms with Crippen LogP contribution in [0.1, 0.15) is 36.0 Å². The van der Waals surface area contributed by atoms with E-state index in [4.69, 9.17) is 9.15 Å². The van der Waals surface area contributed by atoms with Crippen LogP contribution in [-0.4, -0.2) is 31.2 Å².